The number of nitriles is 4. The minimum absolute atomic E-state index is 0.113. The van der Waals surface area contributed by atoms with Crippen molar-refractivity contribution in [2.24, 2.45) is 5.92 Å². The van der Waals surface area contributed by atoms with Crippen molar-refractivity contribution in [3.63, 3.8) is 0 Å². The third-order valence-corrected chi connectivity index (χ3v) is 0.918. The van der Waals surface area contributed by atoms with Gasteiger partial charge in [-0.15, -0.1) is 0 Å². The predicted octanol–water partition coefficient (Wildman–Crippen LogP) is 0.623. The number of rotatable bonds is 1. The van der Waals surface area contributed by atoms with Gasteiger partial charge in [-0.05, 0) is 0 Å². The maximum Gasteiger partial charge on any atom is 0.168 e. The molecule has 0 aromatic carbocycles. The molecule has 0 saturated carbocycles. The van der Waals surface area contributed by atoms with Gasteiger partial charge in [-0.2, -0.15) is 21.0 Å². The Hall–Kier alpha value is -2.30. The molecule has 0 amide bonds. The highest BCUT2D eigenvalue weighted by molar-refractivity contribution is 5.36. The first kappa shape index (κ1) is 8.70. The van der Waals surface area contributed by atoms with Crippen LogP contribution in [0, 0.1) is 51.2 Å². The lowest BCUT2D eigenvalue weighted by molar-refractivity contribution is 1.04. The second kappa shape index (κ2) is 4.57. The monoisotopic (exact) mass is 142 g/mol. The Labute approximate surface area is 63.8 Å². The van der Waals surface area contributed by atoms with Crippen LogP contribution in [0.25, 0.3) is 0 Å². The van der Waals surface area contributed by atoms with Crippen LogP contribution in [0.4, 0.5) is 0 Å². The van der Waals surface area contributed by atoms with Gasteiger partial charge in [-0.3, -0.25) is 0 Å². The summed E-state index contributed by atoms with van der Waals surface area (Å²) in [5, 5.41) is 33.0. The fraction of sp³-hybridized carbons (Fsp3) is 0.143. The second-order valence-electron chi connectivity index (χ2n) is 1.53. The van der Waals surface area contributed by atoms with E-state index in [-0.39, 0.29) is 5.57 Å². The Balaban J connectivity index is 4.76. The van der Waals surface area contributed by atoms with Gasteiger partial charge in [0.25, 0.3) is 0 Å². The average Bonchev–Trinajstić information content (AvgIpc) is 2.05. The quantitative estimate of drug-likeness (QED) is 0.501. The Kier molecular flexibility index (Phi) is 3.61. The molecule has 0 aliphatic rings. The highest BCUT2D eigenvalue weighted by atomic mass is 14.3. The molecule has 0 N–H and O–H groups in total. The molecule has 0 atom stereocenters. The second-order valence-corrected chi connectivity index (χ2v) is 1.53. The molecule has 4 heteroatoms. The van der Waals surface area contributed by atoms with E-state index in [9.17, 15) is 0 Å². The van der Waals surface area contributed by atoms with Crippen LogP contribution < -0.4 is 0 Å². The molecule has 0 rings (SSSR count). The molecular weight excluding hydrogens is 140 g/mol. The number of hydrogen-bond donors (Lipinski definition) is 0. The van der Waals surface area contributed by atoms with Crippen LogP contribution in [0.3, 0.4) is 0 Å². The molecule has 0 bridgehead atoms. The maximum atomic E-state index is 8.32. The van der Waals surface area contributed by atoms with Crippen LogP contribution in [0.2, 0.25) is 0 Å². The van der Waals surface area contributed by atoms with Gasteiger partial charge in [-0.1, -0.05) is 0 Å². The molecule has 0 saturated heterocycles. The Morgan fingerprint density at radius 1 is 1.09 bits per heavy atom. The molecule has 11 heavy (non-hydrogen) atoms. The standard InChI is InChI=1S/C7H2N4/c8-2-1-6(3-9)7(4-10)5-11/h1,7H. The van der Waals surface area contributed by atoms with Crippen molar-refractivity contribution in [1.29, 1.82) is 21.0 Å². The lowest BCUT2D eigenvalue weighted by atomic mass is 10.0. The van der Waals surface area contributed by atoms with E-state index in [1.807, 2.05) is 0 Å². The first-order valence-electron chi connectivity index (χ1n) is 2.59. The zero-order chi connectivity index (χ0) is 8.69. The summed E-state index contributed by atoms with van der Waals surface area (Å²) in [5.74, 6) is -1.13. The molecule has 0 spiro atoms. The molecule has 0 heterocycles. The fourth-order valence-corrected chi connectivity index (χ4v) is 0.418. The van der Waals surface area contributed by atoms with Crippen molar-refractivity contribution in [3.8, 4) is 24.3 Å². The molecule has 4 nitrogen and oxygen atoms in total. The van der Waals surface area contributed by atoms with Gasteiger partial charge in [0.2, 0.25) is 0 Å². The molecular formula is C7H2N4. The molecule has 0 aromatic heterocycles. The maximum absolute atomic E-state index is 8.32. The number of allylic oxidation sites excluding steroid dienone is 2. The summed E-state index contributed by atoms with van der Waals surface area (Å²) in [4.78, 5) is 0. The lowest BCUT2D eigenvalue weighted by Gasteiger charge is -1.90. The highest BCUT2D eigenvalue weighted by Gasteiger charge is 2.10. The first-order valence-corrected chi connectivity index (χ1v) is 2.59. The first-order chi connectivity index (χ1) is 5.29. The van der Waals surface area contributed by atoms with E-state index in [2.05, 4.69) is 0 Å². The molecule has 0 radical (unpaired) electrons. The third kappa shape index (κ3) is 2.19. The predicted molar refractivity (Wildman–Crippen MR) is 34.0 cm³/mol. The van der Waals surface area contributed by atoms with E-state index in [0.29, 0.717) is 0 Å². The summed E-state index contributed by atoms with van der Waals surface area (Å²) < 4.78 is 0. The average molecular weight is 142 g/mol. The van der Waals surface area contributed by atoms with E-state index in [4.69, 9.17) is 21.0 Å². The Morgan fingerprint density at radius 2 is 1.64 bits per heavy atom. The van der Waals surface area contributed by atoms with E-state index in [1.165, 1.54) is 0 Å². The summed E-state index contributed by atoms with van der Waals surface area (Å²) in [6.07, 6.45) is 0.900. The summed E-state index contributed by atoms with van der Waals surface area (Å²) in [6, 6.07) is 6.35. The van der Waals surface area contributed by atoms with E-state index < -0.39 is 5.92 Å². The van der Waals surface area contributed by atoms with Gasteiger partial charge < -0.3 is 0 Å². The van der Waals surface area contributed by atoms with Gasteiger partial charge in [-0.25, -0.2) is 0 Å². The highest BCUT2D eigenvalue weighted by Crippen LogP contribution is 2.06. The van der Waals surface area contributed by atoms with Crippen molar-refractivity contribution in [3.05, 3.63) is 11.6 Å². The van der Waals surface area contributed by atoms with Gasteiger partial charge in [0.1, 0.15) is 0 Å². The summed E-state index contributed by atoms with van der Waals surface area (Å²) in [7, 11) is 0. The van der Waals surface area contributed by atoms with Crippen LogP contribution in [0.15, 0.2) is 11.6 Å². The van der Waals surface area contributed by atoms with Crippen molar-refractivity contribution in [2.75, 3.05) is 0 Å². The van der Waals surface area contributed by atoms with Crippen molar-refractivity contribution >= 4 is 0 Å². The summed E-state index contributed by atoms with van der Waals surface area (Å²) >= 11 is 0. The number of nitrogens with zero attached hydrogens (tertiary/aromatic N) is 4. The van der Waals surface area contributed by atoms with Gasteiger partial charge >= 0.3 is 0 Å². The molecule has 0 aliphatic heterocycles. The van der Waals surface area contributed by atoms with Crippen LogP contribution in [-0.4, -0.2) is 0 Å². The molecule has 0 unspecified atom stereocenters. The Bertz CT molecular complexity index is 311. The SMILES string of the molecule is N#CC=C(C#N)C(C#N)C#N. The molecule has 0 aliphatic carbocycles. The van der Waals surface area contributed by atoms with Crippen LogP contribution >= 0.6 is 0 Å². The third-order valence-electron chi connectivity index (χ3n) is 0.918. The smallest absolute Gasteiger partial charge is 0.168 e. The van der Waals surface area contributed by atoms with Crippen molar-refractivity contribution in [1.82, 2.24) is 0 Å². The van der Waals surface area contributed by atoms with E-state index >= 15 is 0 Å². The largest absolute Gasteiger partial charge is 0.196 e. The lowest BCUT2D eigenvalue weighted by Crippen LogP contribution is -1.95. The topological polar surface area (TPSA) is 95.2 Å². The Morgan fingerprint density at radius 3 is 1.91 bits per heavy atom. The van der Waals surface area contributed by atoms with Crippen molar-refractivity contribution in [2.45, 2.75) is 0 Å². The van der Waals surface area contributed by atoms with Gasteiger partial charge in [0, 0.05) is 6.08 Å². The minimum atomic E-state index is -1.13. The molecule has 0 aromatic rings. The van der Waals surface area contributed by atoms with Gasteiger partial charge in [0.05, 0.1) is 29.8 Å². The van der Waals surface area contributed by atoms with Crippen LogP contribution in [0.5, 0.6) is 0 Å². The minimum Gasteiger partial charge on any atom is -0.196 e. The van der Waals surface area contributed by atoms with Crippen molar-refractivity contribution < 1.29 is 0 Å². The molecule has 0 fully saturated rings. The van der Waals surface area contributed by atoms with Crippen LogP contribution in [-0.2, 0) is 0 Å². The van der Waals surface area contributed by atoms with E-state index in [1.54, 1.807) is 24.3 Å². The summed E-state index contributed by atoms with van der Waals surface area (Å²) in [6.45, 7) is 0. The van der Waals surface area contributed by atoms with E-state index in [0.717, 1.165) is 6.08 Å². The molecule has 50 valence electrons. The normalized spacial score (nSPS) is 9.00. The number of hydrogen-bond acceptors (Lipinski definition) is 4. The van der Waals surface area contributed by atoms with Gasteiger partial charge in [0.15, 0.2) is 5.92 Å². The zero-order valence-electron chi connectivity index (χ0n) is 5.44. The fourth-order valence-electron chi connectivity index (χ4n) is 0.418. The zero-order valence-corrected chi connectivity index (χ0v) is 5.44. The van der Waals surface area contributed by atoms with Crippen LogP contribution in [0.1, 0.15) is 0 Å². The summed E-state index contributed by atoms with van der Waals surface area (Å²) in [5.41, 5.74) is -0.113.